The summed E-state index contributed by atoms with van der Waals surface area (Å²) >= 11 is 0. The Labute approximate surface area is 119 Å². The minimum Gasteiger partial charge on any atom is -0.305 e. The minimum atomic E-state index is 1.27. The lowest BCUT2D eigenvalue weighted by Crippen LogP contribution is -3.08. The zero-order valence-electron chi connectivity index (χ0n) is 12.6. The molecule has 19 heavy (non-hydrogen) atoms. The summed E-state index contributed by atoms with van der Waals surface area (Å²) in [5.74, 6) is 0. The smallest absolute Gasteiger partial charge is 0.103 e. The third kappa shape index (κ3) is 6.42. The van der Waals surface area contributed by atoms with E-state index in [1.165, 1.54) is 90.1 Å². The first-order valence-corrected chi connectivity index (χ1v) is 8.66. The van der Waals surface area contributed by atoms with Gasteiger partial charge in [0.15, 0.2) is 0 Å². The number of nitrogens with one attached hydrogen (secondary N) is 1. The quantitative estimate of drug-likeness (QED) is 0.672. The van der Waals surface area contributed by atoms with Gasteiger partial charge in [0.2, 0.25) is 0 Å². The highest BCUT2D eigenvalue weighted by molar-refractivity contribution is 5.13. The van der Waals surface area contributed by atoms with Crippen LogP contribution in [0.15, 0.2) is 23.9 Å². The molecular formula is C18H32N+. The van der Waals surface area contributed by atoms with Crippen molar-refractivity contribution in [2.24, 2.45) is 0 Å². The first-order valence-electron chi connectivity index (χ1n) is 8.66. The fourth-order valence-electron chi connectivity index (χ4n) is 3.37. The second-order valence-corrected chi connectivity index (χ2v) is 6.41. The van der Waals surface area contributed by atoms with Crippen LogP contribution in [0.3, 0.4) is 0 Å². The monoisotopic (exact) mass is 262 g/mol. The minimum absolute atomic E-state index is 1.27. The molecule has 1 nitrogen and oxygen atoms in total. The van der Waals surface area contributed by atoms with Gasteiger partial charge < -0.3 is 4.90 Å². The van der Waals surface area contributed by atoms with Gasteiger partial charge in [-0.25, -0.2) is 0 Å². The number of fused-ring (bicyclic) bond motifs is 2. The van der Waals surface area contributed by atoms with E-state index >= 15 is 0 Å². The van der Waals surface area contributed by atoms with Gasteiger partial charge in [0, 0.05) is 0 Å². The van der Waals surface area contributed by atoms with Crippen LogP contribution in [0.2, 0.25) is 0 Å². The fourth-order valence-corrected chi connectivity index (χ4v) is 3.37. The van der Waals surface area contributed by atoms with Crippen LogP contribution in [0.5, 0.6) is 0 Å². The summed E-state index contributed by atoms with van der Waals surface area (Å²) in [6.45, 7) is 2.62. The lowest BCUT2D eigenvalue weighted by molar-refractivity contribution is -0.842. The van der Waals surface area contributed by atoms with Crippen LogP contribution in [-0.4, -0.2) is 13.1 Å². The van der Waals surface area contributed by atoms with Crippen molar-refractivity contribution in [2.75, 3.05) is 13.1 Å². The predicted octanol–water partition coefficient (Wildman–Crippen LogP) is 4.02. The molecule has 0 aromatic rings. The van der Waals surface area contributed by atoms with Gasteiger partial charge in [-0.05, 0) is 37.3 Å². The van der Waals surface area contributed by atoms with E-state index in [-0.39, 0.29) is 0 Å². The molecule has 2 aliphatic rings. The van der Waals surface area contributed by atoms with Crippen molar-refractivity contribution >= 4 is 0 Å². The number of hydrogen-bond donors (Lipinski definition) is 1. The van der Waals surface area contributed by atoms with Gasteiger partial charge in [0.1, 0.15) is 6.54 Å². The Morgan fingerprint density at radius 1 is 0.684 bits per heavy atom. The highest BCUT2D eigenvalue weighted by Gasteiger charge is 2.11. The van der Waals surface area contributed by atoms with Gasteiger partial charge in [-0.15, -0.1) is 0 Å². The van der Waals surface area contributed by atoms with E-state index in [2.05, 4.69) is 18.4 Å². The molecule has 2 aliphatic heterocycles. The van der Waals surface area contributed by atoms with E-state index in [0.29, 0.717) is 0 Å². The Morgan fingerprint density at radius 2 is 1.26 bits per heavy atom. The third-order valence-corrected chi connectivity index (χ3v) is 4.61. The van der Waals surface area contributed by atoms with Crippen molar-refractivity contribution in [3.63, 3.8) is 0 Å². The third-order valence-electron chi connectivity index (χ3n) is 4.61. The lowest BCUT2D eigenvalue weighted by Gasteiger charge is -2.19. The summed E-state index contributed by atoms with van der Waals surface area (Å²) in [7, 11) is 0. The van der Waals surface area contributed by atoms with Crippen LogP contribution in [0.4, 0.5) is 0 Å². The van der Waals surface area contributed by atoms with Crippen molar-refractivity contribution in [2.45, 2.75) is 77.0 Å². The maximum Gasteiger partial charge on any atom is 0.103 e. The second-order valence-electron chi connectivity index (χ2n) is 6.41. The van der Waals surface area contributed by atoms with Gasteiger partial charge in [-0.1, -0.05) is 57.4 Å². The molecule has 1 unspecified atom stereocenters. The lowest BCUT2D eigenvalue weighted by atomic mass is 10.0. The summed E-state index contributed by atoms with van der Waals surface area (Å²) < 4.78 is 0. The molecule has 0 aromatic heterocycles. The highest BCUT2D eigenvalue weighted by atomic mass is 15.1. The Hall–Kier alpha value is -0.560. The Balaban J connectivity index is 1.75. The normalized spacial score (nSPS) is 27.8. The number of rotatable bonds is 0. The zero-order valence-corrected chi connectivity index (χ0v) is 12.6. The van der Waals surface area contributed by atoms with Crippen molar-refractivity contribution in [3.05, 3.63) is 23.9 Å². The van der Waals surface area contributed by atoms with Gasteiger partial charge in [-0.2, -0.15) is 0 Å². The molecule has 2 bridgehead atoms. The molecule has 1 heteroatoms. The molecule has 1 fully saturated rings. The molecule has 1 saturated heterocycles. The molecule has 0 spiro atoms. The maximum absolute atomic E-state index is 2.37. The molecule has 108 valence electrons. The van der Waals surface area contributed by atoms with E-state index in [4.69, 9.17) is 0 Å². The molecule has 0 amide bonds. The molecule has 1 N–H and O–H groups in total. The summed E-state index contributed by atoms with van der Waals surface area (Å²) in [5.41, 5.74) is 1.68. The average Bonchev–Trinajstić information content (AvgIpc) is 2.43. The van der Waals surface area contributed by atoms with Gasteiger partial charge in [-0.3, -0.25) is 0 Å². The van der Waals surface area contributed by atoms with E-state index < -0.39 is 0 Å². The van der Waals surface area contributed by atoms with Crippen LogP contribution in [0.25, 0.3) is 0 Å². The number of quaternary nitrogens is 1. The summed E-state index contributed by atoms with van der Waals surface area (Å²) in [4.78, 5) is 1.68. The maximum atomic E-state index is 2.37. The summed E-state index contributed by atoms with van der Waals surface area (Å²) in [6, 6.07) is 0. The first-order chi connectivity index (χ1) is 9.45. The van der Waals surface area contributed by atoms with Gasteiger partial charge >= 0.3 is 0 Å². The fraction of sp³-hybridized carbons (Fsp3) is 0.778. The van der Waals surface area contributed by atoms with Crippen LogP contribution in [0.1, 0.15) is 77.0 Å². The Bertz CT molecular complexity index is 290. The molecule has 0 radical (unpaired) electrons. The molecule has 1 atom stereocenters. The molecule has 2 rings (SSSR count). The van der Waals surface area contributed by atoms with Crippen LogP contribution in [-0.2, 0) is 0 Å². The van der Waals surface area contributed by atoms with Gasteiger partial charge in [0.05, 0.1) is 12.7 Å². The Kier molecular flexibility index (Phi) is 7.31. The van der Waals surface area contributed by atoms with Gasteiger partial charge in [0.25, 0.3) is 0 Å². The van der Waals surface area contributed by atoms with Crippen LogP contribution >= 0.6 is 0 Å². The molecule has 2 heterocycles. The first kappa shape index (κ1) is 14.8. The Morgan fingerprint density at radius 3 is 1.95 bits per heavy atom. The number of hydrogen-bond acceptors (Lipinski definition) is 0. The average molecular weight is 262 g/mol. The van der Waals surface area contributed by atoms with E-state index in [1.807, 2.05) is 0 Å². The topological polar surface area (TPSA) is 4.44 Å². The van der Waals surface area contributed by atoms with Crippen molar-refractivity contribution in [3.8, 4) is 0 Å². The molecule has 0 aromatic carbocycles. The van der Waals surface area contributed by atoms with E-state index in [9.17, 15) is 0 Å². The molecule has 0 aliphatic carbocycles. The zero-order chi connectivity index (χ0) is 13.2. The van der Waals surface area contributed by atoms with Crippen LogP contribution in [0, 0.1) is 0 Å². The largest absolute Gasteiger partial charge is 0.305 e. The molecule has 0 saturated carbocycles. The van der Waals surface area contributed by atoms with Crippen LogP contribution < -0.4 is 4.90 Å². The number of allylic oxidation sites excluding steroid dienone is 2. The van der Waals surface area contributed by atoms with Crippen molar-refractivity contribution < 1.29 is 4.90 Å². The summed E-state index contributed by atoms with van der Waals surface area (Å²) in [6.07, 6.45) is 24.3. The SMILES string of the molecule is C1=C[NH+]2CCCCCCCCCCCCCC(=C1)C2. The second kappa shape index (κ2) is 9.36. The molecular weight excluding hydrogens is 230 g/mol. The standard InChI is InChI=1S/C18H31N/c1-2-4-6-8-10-13-18-14-12-16-19(17-18)15-11-9-7-5-3-1/h12,14,16H,1-11,13,15,17H2/p+1. The predicted molar refractivity (Wildman–Crippen MR) is 83.3 cm³/mol. The van der Waals surface area contributed by atoms with Crippen molar-refractivity contribution in [1.82, 2.24) is 0 Å². The summed E-state index contributed by atoms with van der Waals surface area (Å²) in [5, 5.41) is 0. The van der Waals surface area contributed by atoms with E-state index in [0.717, 1.165) is 0 Å². The highest BCUT2D eigenvalue weighted by Crippen LogP contribution is 2.14. The van der Waals surface area contributed by atoms with E-state index in [1.54, 1.807) is 10.5 Å². The van der Waals surface area contributed by atoms with Crippen molar-refractivity contribution in [1.29, 1.82) is 0 Å².